The van der Waals surface area contributed by atoms with Gasteiger partial charge in [0.2, 0.25) is 0 Å². The van der Waals surface area contributed by atoms with Crippen LogP contribution in [0.5, 0.6) is 0 Å². The van der Waals surface area contributed by atoms with E-state index in [2.05, 4.69) is 30.8 Å². The Morgan fingerprint density at radius 3 is 2.66 bits per heavy atom. The van der Waals surface area contributed by atoms with E-state index >= 15 is 0 Å². The minimum absolute atomic E-state index is 0. The third kappa shape index (κ3) is 7.14. The zero-order valence-corrected chi connectivity index (χ0v) is 19.3. The van der Waals surface area contributed by atoms with Gasteiger partial charge in [-0.1, -0.05) is 17.3 Å². The summed E-state index contributed by atoms with van der Waals surface area (Å²) in [6.07, 6.45) is -2.65. The van der Waals surface area contributed by atoms with E-state index in [0.29, 0.717) is 48.9 Å². The van der Waals surface area contributed by atoms with Gasteiger partial charge in [0, 0.05) is 25.7 Å². The Hall–Kier alpha value is -2.77. The number of aromatic nitrogens is 3. The predicted octanol–water partition coefficient (Wildman–Crippen LogP) is 4.21. The molecule has 7 nitrogen and oxygen atoms in total. The lowest BCUT2D eigenvalue weighted by Gasteiger charge is -2.13. The van der Waals surface area contributed by atoms with Gasteiger partial charge in [-0.05, 0) is 36.8 Å². The van der Waals surface area contributed by atoms with E-state index in [9.17, 15) is 17.6 Å². The van der Waals surface area contributed by atoms with Crippen LogP contribution in [0.2, 0.25) is 0 Å². The summed E-state index contributed by atoms with van der Waals surface area (Å²) in [5.41, 5.74) is -0.603. The maximum atomic E-state index is 13.3. The molecule has 32 heavy (non-hydrogen) atoms. The molecule has 0 radical (unpaired) electrons. The van der Waals surface area contributed by atoms with E-state index in [4.69, 9.17) is 4.52 Å². The molecule has 0 saturated carbocycles. The van der Waals surface area contributed by atoms with Crippen molar-refractivity contribution in [2.24, 2.45) is 4.99 Å². The first kappa shape index (κ1) is 25.5. The normalized spacial score (nSPS) is 11.7. The third-order valence-electron chi connectivity index (χ3n) is 4.12. The van der Waals surface area contributed by atoms with Gasteiger partial charge in [-0.3, -0.25) is 4.98 Å². The molecule has 2 aromatic heterocycles. The molecule has 0 bridgehead atoms. The topological polar surface area (TPSA) is 88.2 Å². The minimum Gasteiger partial charge on any atom is -0.357 e. The first-order valence-corrected chi connectivity index (χ1v) is 9.48. The van der Waals surface area contributed by atoms with Crippen LogP contribution in [0, 0.1) is 5.82 Å². The van der Waals surface area contributed by atoms with Gasteiger partial charge in [0.25, 0.3) is 5.89 Å². The summed E-state index contributed by atoms with van der Waals surface area (Å²) in [5.74, 6) is 0.109. The molecule has 2 N–H and O–H groups in total. The summed E-state index contributed by atoms with van der Waals surface area (Å²) in [5, 5.41) is 9.84. The smallest absolute Gasteiger partial charge is 0.357 e. The van der Waals surface area contributed by atoms with Gasteiger partial charge in [-0.25, -0.2) is 9.38 Å². The summed E-state index contributed by atoms with van der Waals surface area (Å²) in [6, 6.07) is 7.87. The Morgan fingerprint density at radius 1 is 1.16 bits per heavy atom. The molecule has 0 spiro atoms. The van der Waals surface area contributed by atoms with Gasteiger partial charge in [0.15, 0.2) is 11.8 Å². The fourth-order valence-corrected chi connectivity index (χ4v) is 2.70. The lowest BCUT2D eigenvalue weighted by atomic mass is 10.1. The average molecular weight is 564 g/mol. The quantitative estimate of drug-likeness (QED) is 0.194. The SMILES string of the molecule is CCNC(=NCc1ccc(F)cc1C(F)(F)F)NCCc1noc(-c2ccccn2)n1.I. The second kappa shape index (κ2) is 11.7. The van der Waals surface area contributed by atoms with Crippen molar-refractivity contribution in [2.45, 2.75) is 26.1 Å². The number of aliphatic imine (C=N–C) groups is 1. The lowest BCUT2D eigenvalue weighted by Crippen LogP contribution is -2.38. The van der Waals surface area contributed by atoms with Crippen LogP contribution in [0.1, 0.15) is 23.9 Å². The second-order valence-electron chi connectivity index (χ2n) is 6.40. The Morgan fingerprint density at radius 2 is 1.97 bits per heavy atom. The highest BCUT2D eigenvalue weighted by molar-refractivity contribution is 14.0. The highest BCUT2D eigenvalue weighted by atomic mass is 127. The summed E-state index contributed by atoms with van der Waals surface area (Å²) in [7, 11) is 0. The standard InChI is InChI=1S/C20H20F4N6O.HI/c1-2-25-19(28-12-13-6-7-14(21)11-15(13)20(22,23)24)27-10-8-17-29-18(31-30-17)16-5-3-4-9-26-16;/h3-7,9,11H,2,8,10,12H2,1H3,(H2,25,27,28);1H. The van der Waals surface area contributed by atoms with Gasteiger partial charge >= 0.3 is 6.18 Å². The van der Waals surface area contributed by atoms with E-state index in [0.717, 1.165) is 12.1 Å². The van der Waals surface area contributed by atoms with Crippen molar-refractivity contribution in [3.63, 3.8) is 0 Å². The molecule has 0 unspecified atom stereocenters. The average Bonchev–Trinajstić information content (AvgIpc) is 3.21. The molecule has 172 valence electrons. The Kier molecular flexibility index (Phi) is 9.35. The first-order valence-electron chi connectivity index (χ1n) is 9.48. The van der Waals surface area contributed by atoms with E-state index in [-0.39, 0.29) is 36.1 Å². The highest BCUT2D eigenvalue weighted by Gasteiger charge is 2.33. The molecule has 0 aliphatic rings. The van der Waals surface area contributed by atoms with Crippen LogP contribution in [0.3, 0.4) is 0 Å². The van der Waals surface area contributed by atoms with Gasteiger partial charge in [0.05, 0.1) is 12.1 Å². The van der Waals surface area contributed by atoms with Crippen LogP contribution in [0.25, 0.3) is 11.6 Å². The number of hydrogen-bond acceptors (Lipinski definition) is 5. The molecule has 0 aliphatic carbocycles. The third-order valence-corrected chi connectivity index (χ3v) is 4.12. The fraction of sp³-hybridized carbons (Fsp3) is 0.300. The maximum absolute atomic E-state index is 13.3. The summed E-state index contributed by atoms with van der Waals surface area (Å²) in [4.78, 5) is 12.6. The summed E-state index contributed by atoms with van der Waals surface area (Å²) in [6.45, 7) is 2.43. The number of pyridine rings is 1. The van der Waals surface area contributed by atoms with Crippen molar-refractivity contribution in [3.05, 3.63) is 65.4 Å². The first-order chi connectivity index (χ1) is 14.9. The van der Waals surface area contributed by atoms with Crippen LogP contribution in [-0.2, 0) is 19.1 Å². The number of alkyl halides is 3. The number of nitrogens with one attached hydrogen (secondary N) is 2. The minimum atomic E-state index is -4.66. The van der Waals surface area contributed by atoms with Crippen molar-refractivity contribution in [1.82, 2.24) is 25.8 Å². The van der Waals surface area contributed by atoms with Gasteiger partial charge in [-0.2, -0.15) is 18.2 Å². The van der Waals surface area contributed by atoms with Crippen molar-refractivity contribution < 1.29 is 22.1 Å². The zero-order valence-electron chi connectivity index (χ0n) is 17.0. The molecular weight excluding hydrogens is 543 g/mol. The molecule has 3 rings (SSSR count). The van der Waals surface area contributed by atoms with Crippen molar-refractivity contribution in [1.29, 1.82) is 0 Å². The van der Waals surface area contributed by atoms with Crippen molar-refractivity contribution in [2.75, 3.05) is 13.1 Å². The van der Waals surface area contributed by atoms with Crippen LogP contribution in [0.15, 0.2) is 52.1 Å². The Balaban J connectivity index is 0.00000363. The number of benzene rings is 1. The van der Waals surface area contributed by atoms with Crippen molar-refractivity contribution in [3.8, 4) is 11.6 Å². The number of rotatable bonds is 7. The molecular formula is C20H21F4IN6O. The zero-order chi connectivity index (χ0) is 22.3. The second-order valence-corrected chi connectivity index (χ2v) is 6.40. The monoisotopic (exact) mass is 564 g/mol. The van der Waals surface area contributed by atoms with E-state index < -0.39 is 17.6 Å². The molecule has 0 aliphatic heterocycles. The summed E-state index contributed by atoms with van der Waals surface area (Å²) < 4.78 is 57.9. The van der Waals surface area contributed by atoms with Crippen LogP contribution in [-0.4, -0.2) is 34.2 Å². The summed E-state index contributed by atoms with van der Waals surface area (Å²) >= 11 is 0. The van der Waals surface area contributed by atoms with Gasteiger partial charge in [0.1, 0.15) is 11.5 Å². The Bertz CT molecular complexity index is 1030. The van der Waals surface area contributed by atoms with E-state index in [1.54, 1.807) is 24.4 Å². The van der Waals surface area contributed by atoms with Crippen LogP contribution >= 0.6 is 24.0 Å². The molecule has 0 saturated heterocycles. The van der Waals surface area contributed by atoms with Crippen LogP contribution < -0.4 is 10.6 Å². The maximum Gasteiger partial charge on any atom is 0.416 e. The molecule has 2 heterocycles. The van der Waals surface area contributed by atoms with Crippen LogP contribution in [0.4, 0.5) is 17.6 Å². The largest absolute Gasteiger partial charge is 0.416 e. The van der Waals surface area contributed by atoms with Gasteiger partial charge < -0.3 is 15.2 Å². The van der Waals surface area contributed by atoms with Gasteiger partial charge in [-0.15, -0.1) is 24.0 Å². The predicted molar refractivity (Wildman–Crippen MR) is 121 cm³/mol. The van der Waals surface area contributed by atoms with E-state index in [1.807, 2.05) is 6.92 Å². The Labute approximate surface area is 198 Å². The number of halogens is 5. The number of nitrogens with zero attached hydrogens (tertiary/aromatic N) is 4. The molecule has 3 aromatic rings. The number of guanidine groups is 1. The molecule has 1 aromatic carbocycles. The fourth-order valence-electron chi connectivity index (χ4n) is 2.70. The number of hydrogen-bond donors (Lipinski definition) is 2. The molecule has 12 heteroatoms. The van der Waals surface area contributed by atoms with Crippen molar-refractivity contribution >= 4 is 29.9 Å². The lowest BCUT2D eigenvalue weighted by molar-refractivity contribution is -0.138. The molecule has 0 atom stereocenters. The highest BCUT2D eigenvalue weighted by Crippen LogP contribution is 2.32. The molecule has 0 fully saturated rings. The van der Waals surface area contributed by atoms with E-state index in [1.165, 1.54) is 0 Å². The molecule has 0 amide bonds.